The van der Waals surface area contributed by atoms with E-state index in [1.807, 2.05) is 53.6 Å². The number of hydrogen-bond donors (Lipinski definition) is 1. The summed E-state index contributed by atoms with van der Waals surface area (Å²) in [5.41, 5.74) is 3.74. The molecular weight excluding hydrogens is 402 g/mol. The first kappa shape index (κ1) is 20.8. The van der Waals surface area contributed by atoms with Gasteiger partial charge in [0, 0.05) is 25.5 Å². The van der Waals surface area contributed by atoms with E-state index in [1.165, 1.54) is 0 Å². The molecule has 0 bridgehead atoms. The van der Waals surface area contributed by atoms with E-state index in [1.54, 1.807) is 10.9 Å². The molecule has 0 spiro atoms. The van der Waals surface area contributed by atoms with Gasteiger partial charge in [-0.15, -0.1) is 0 Å². The van der Waals surface area contributed by atoms with Gasteiger partial charge in [-0.3, -0.25) is 4.79 Å². The van der Waals surface area contributed by atoms with Crippen LogP contribution in [-0.2, 0) is 0 Å². The van der Waals surface area contributed by atoms with Crippen molar-refractivity contribution in [3.05, 3.63) is 77.6 Å². The Morgan fingerprint density at radius 3 is 2.47 bits per heavy atom. The highest BCUT2D eigenvalue weighted by Crippen LogP contribution is 2.39. The molecule has 2 heterocycles. The fourth-order valence-electron chi connectivity index (χ4n) is 5.29. The Labute approximate surface area is 188 Å². The van der Waals surface area contributed by atoms with Gasteiger partial charge in [0.1, 0.15) is 11.9 Å². The summed E-state index contributed by atoms with van der Waals surface area (Å²) in [6, 6.07) is 15.6. The summed E-state index contributed by atoms with van der Waals surface area (Å²) in [7, 11) is 0. The van der Waals surface area contributed by atoms with Crippen LogP contribution < -0.4 is 4.74 Å². The zero-order valence-electron chi connectivity index (χ0n) is 18.5. The average Bonchev–Trinajstić information content (AvgIpc) is 3.43. The van der Waals surface area contributed by atoms with E-state index < -0.39 is 6.10 Å². The fourth-order valence-corrected chi connectivity index (χ4v) is 5.29. The maximum absolute atomic E-state index is 13.4. The second kappa shape index (κ2) is 8.43. The molecule has 2 aliphatic rings. The molecule has 1 aliphatic carbocycles. The first-order chi connectivity index (χ1) is 15.5. The third-order valence-corrected chi connectivity index (χ3v) is 6.74. The Morgan fingerprint density at radius 1 is 1.03 bits per heavy atom. The van der Waals surface area contributed by atoms with Crippen molar-refractivity contribution in [3.63, 3.8) is 0 Å². The molecule has 1 saturated carbocycles. The minimum Gasteiger partial charge on any atom is -0.488 e. The number of nitrogens with zero attached hydrogens (tertiary/aromatic N) is 3. The number of benzene rings is 2. The van der Waals surface area contributed by atoms with E-state index in [0.717, 1.165) is 29.0 Å². The number of fused-ring (bicyclic) bond motifs is 1. The lowest BCUT2D eigenvalue weighted by Gasteiger charge is -2.35. The van der Waals surface area contributed by atoms with Crippen molar-refractivity contribution in [2.45, 2.75) is 38.9 Å². The van der Waals surface area contributed by atoms with E-state index in [2.05, 4.69) is 25.0 Å². The number of para-hydroxylation sites is 1. The number of ether oxygens (including phenoxy) is 1. The highest BCUT2D eigenvalue weighted by atomic mass is 16.5. The summed E-state index contributed by atoms with van der Waals surface area (Å²) in [5, 5.41) is 15.1. The molecule has 166 valence electrons. The molecule has 6 nitrogen and oxygen atoms in total. The number of carbonyl (C=O) groups is 1. The van der Waals surface area contributed by atoms with Crippen LogP contribution in [0, 0.1) is 25.7 Å². The van der Waals surface area contributed by atoms with Crippen molar-refractivity contribution >= 4 is 5.91 Å². The number of aryl methyl sites for hydroxylation is 2. The van der Waals surface area contributed by atoms with Crippen LogP contribution in [0.4, 0.5) is 0 Å². The normalized spacial score (nSPS) is 24.9. The molecule has 1 N–H and O–H groups in total. The molecule has 0 radical (unpaired) electrons. The molecule has 5 rings (SSSR count). The SMILES string of the molecule is Cc1cc(C)cc(O[C@@H]2C[C@@H]3CN(C(=O)c4ccccc4-n4cccn4)C[C@@H]3C[C@H]2O)c1. The van der Waals surface area contributed by atoms with Crippen molar-refractivity contribution in [2.75, 3.05) is 13.1 Å². The molecule has 4 atom stereocenters. The van der Waals surface area contributed by atoms with Crippen LogP contribution in [0.3, 0.4) is 0 Å². The number of aromatic nitrogens is 2. The largest absolute Gasteiger partial charge is 0.488 e. The Balaban J connectivity index is 1.31. The molecule has 0 unspecified atom stereocenters. The van der Waals surface area contributed by atoms with Crippen LogP contribution in [0.2, 0.25) is 0 Å². The number of amides is 1. The number of rotatable bonds is 4. The van der Waals surface area contributed by atoms with Crippen molar-refractivity contribution in [1.82, 2.24) is 14.7 Å². The van der Waals surface area contributed by atoms with Crippen LogP contribution in [-0.4, -0.2) is 51.0 Å². The highest BCUT2D eigenvalue weighted by molar-refractivity contribution is 5.98. The number of likely N-dealkylation sites (tertiary alicyclic amines) is 1. The first-order valence-electron chi connectivity index (χ1n) is 11.3. The molecule has 32 heavy (non-hydrogen) atoms. The third kappa shape index (κ3) is 4.02. The van der Waals surface area contributed by atoms with Crippen LogP contribution >= 0.6 is 0 Å². The van der Waals surface area contributed by atoms with Gasteiger partial charge in [-0.25, -0.2) is 4.68 Å². The van der Waals surface area contributed by atoms with Gasteiger partial charge in [-0.05, 0) is 80.0 Å². The Morgan fingerprint density at radius 2 is 1.75 bits per heavy atom. The number of hydrogen-bond acceptors (Lipinski definition) is 4. The number of aliphatic hydroxyl groups is 1. The number of carbonyl (C=O) groups excluding carboxylic acids is 1. The van der Waals surface area contributed by atoms with Crippen LogP contribution in [0.1, 0.15) is 34.3 Å². The van der Waals surface area contributed by atoms with Crippen molar-refractivity contribution in [1.29, 1.82) is 0 Å². The maximum Gasteiger partial charge on any atom is 0.256 e. The summed E-state index contributed by atoms with van der Waals surface area (Å²) in [4.78, 5) is 15.4. The highest BCUT2D eigenvalue weighted by Gasteiger charge is 2.44. The molecular formula is C26H29N3O3. The summed E-state index contributed by atoms with van der Waals surface area (Å²) in [5.74, 6) is 1.45. The lowest BCUT2D eigenvalue weighted by atomic mass is 9.78. The van der Waals surface area contributed by atoms with Gasteiger partial charge in [-0.1, -0.05) is 18.2 Å². The zero-order chi connectivity index (χ0) is 22.2. The molecule has 1 aliphatic heterocycles. The van der Waals surface area contributed by atoms with Crippen LogP contribution in [0.25, 0.3) is 5.69 Å². The van der Waals surface area contributed by atoms with Gasteiger partial charge in [0.25, 0.3) is 5.91 Å². The lowest BCUT2D eigenvalue weighted by Crippen LogP contribution is -2.42. The van der Waals surface area contributed by atoms with E-state index in [-0.39, 0.29) is 12.0 Å². The molecule has 2 fully saturated rings. The predicted molar refractivity (Wildman–Crippen MR) is 122 cm³/mol. The Bertz CT molecular complexity index is 1090. The fraction of sp³-hybridized carbons (Fsp3) is 0.385. The smallest absolute Gasteiger partial charge is 0.256 e. The van der Waals surface area contributed by atoms with Crippen molar-refractivity contribution < 1.29 is 14.6 Å². The second-order valence-electron chi connectivity index (χ2n) is 9.22. The quantitative estimate of drug-likeness (QED) is 0.683. The molecule has 1 amide bonds. The van der Waals surface area contributed by atoms with E-state index in [0.29, 0.717) is 36.9 Å². The van der Waals surface area contributed by atoms with Gasteiger partial charge in [0.05, 0.1) is 17.4 Å². The lowest BCUT2D eigenvalue weighted by molar-refractivity contribution is -0.0231. The summed E-state index contributed by atoms with van der Waals surface area (Å²) < 4.78 is 7.95. The summed E-state index contributed by atoms with van der Waals surface area (Å²) >= 11 is 0. The van der Waals surface area contributed by atoms with Gasteiger partial charge in [0.15, 0.2) is 0 Å². The van der Waals surface area contributed by atoms with Gasteiger partial charge < -0.3 is 14.7 Å². The molecule has 6 heteroatoms. The Hall–Kier alpha value is -3.12. The van der Waals surface area contributed by atoms with Crippen molar-refractivity contribution in [2.24, 2.45) is 11.8 Å². The second-order valence-corrected chi connectivity index (χ2v) is 9.22. The molecule has 1 aromatic heterocycles. The number of aliphatic hydroxyl groups excluding tert-OH is 1. The minimum absolute atomic E-state index is 0.0202. The predicted octanol–water partition coefficient (Wildman–Crippen LogP) is 3.78. The maximum atomic E-state index is 13.4. The molecule has 2 aromatic carbocycles. The standard InChI is InChI=1S/C26H29N3O3/c1-17-10-18(2)12-21(11-17)32-25-14-20-16-28(15-19(20)13-24(25)30)26(31)22-6-3-4-7-23(22)29-9-5-8-27-29/h3-12,19-20,24-25,30H,13-16H2,1-2H3/t19-,20+,24+,25+/m0/s1. The van der Waals surface area contributed by atoms with Crippen LogP contribution in [0.5, 0.6) is 5.75 Å². The van der Waals surface area contributed by atoms with E-state index in [9.17, 15) is 9.90 Å². The third-order valence-electron chi connectivity index (χ3n) is 6.74. The topological polar surface area (TPSA) is 67.6 Å². The van der Waals surface area contributed by atoms with Gasteiger partial charge in [-0.2, -0.15) is 5.10 Å². The Kier molecular flexibility index (Phi) is 5.47. The van der Waals surface area contributed by atoms with Crippen molar-refractivity contribution in [3.8, 4) is 11.4 Å². The molecule has 1 saturated heterocycles. The van der Waals surface area contributed by atoms with Gasteiger partial charge in [0.2, 0.25) is 0 Å². The van der Waals surface area contributed by atoms with Crippen LogP contribution in [0.15, 0.2) is 60.9 Å². The summed E-state index contributed by atoms with van der Waals surface area (Å²) in [6.07, 6.45) is 4.20. The average molecular weight is 432 g/mol. The first-order valence-corrected chi connectivity index (χ1v) is 11.3. The molecule has 3 aromatic rings. The minimum atomic E-state index is -0.525. The van der Waals surface area contributed by atoms with E-state index in [4.69, 9.17) is 4.74 Å². The van der Waals surface area contributed by atoms with Gasteiger partial charge >= 0.3 is 0 Å². The summed E-state index contributed by atoms with van der Waals surface area (Å²) in [6.45, 7) is 5.46. The zero-order valence-corrected chi connectivity index (χ0v) is 18.5. The van der Waals surface area contributed by atoms with E-state index >= 15 is 0 Å². The monoisotopic (exact) mass is 431 g/mol.